The molecule has 1 aromatic carbocycles. The molecule has 0 spiro atoms. The van der Waals surface area contributed by atoms with Crippen molar-refractivity contribution in [2.45, 2.75) is 45.3 Å². The molecule has 0 aromatic heterocycles. The highest BCUT2D eigenvalue weighted by atomic mass is 35.5. The first-order chi connectivity index (χ1) is 8.59. The zero-order valence-electron chi connectivity index (χ0n) is 11.6. The summed E-state index contributed by atoms with van der Waals surface area (Å²) >= 11 is 0. The Morgan fingerprint density at radius 3 is 2.37 bits per heavy atom. The van der Waals surface area contributed by atoms with Crippen LogP contribution in [0.1, 0.15) is 32.3 Å². The molecule has 2 rings (SSSR count). The summed E-state index contributed by atoms with van der Waals surface area (Å²) in [6.07, 6.45) is 2.26. The number of halogens is 1. The van der Waals surface area contributed by atoms with Crippen LogP contribution in [0.5, 0.6) is 0 Å². The largest absolute Gasteiger partial charge is 0.335 e. The molecule has 19 heavy (non-hydrogen) atoms. The van der Waals surface area contributed by atoms with E-state index in [1.165, 1.54) is 5.56 Å². The maximum Gasteiger partial charge on any atom is 0.227 e. The maximum absolute atomic E-state index is 12.4. The van der Waals surface area contributed by atoms with E-state index in [-0.39, 0.29) is 30.3 Å². The minimum atomic E-state index is -0.102. The van der Waals surface area contributed by atoms with Crippen LogP contribution in [0.4, 0.5) is 0 Å². The van der Waals surface area contributed by atoms with E-state index in [0.29, 0.717) is 12.6 Å². The first-order valence-corrected chi connectivity index (χ1v) is 6.69. The third-order valence-corrected chi connectivity index (χ3v) is 3.64. The Kier molecular flexibility index (Phi) is 5.83. The zero-order chi connectivity index (χ0) is 13.1. The molecular weight excluding hydrogens is 260 g/mol. The van der Waals surface area contributed by atoms with Gasteiger partial charge in [-0.1, -0.05) is 37.3 Å². The summed E-state index contributed by atoms with van der Waals surface area (Å²) in [5.41, 5.74) is 7.03. The van der Waals surface area contributed by atoms with Gasteiger partial charge in [-0.2, -0.15) is 0 Å². The Hall–Kier alpha value is -1.06. The highest BCUT2D eigenvalue weighted by molar-refractivity contribution is 5.85. The molecule has 2 atom stereocenters. The summed E-state index contributed by atoms with van der Waals surface area (Å²) < 4.78 is 0. The lowest BCUT2D eigenvalue weighted by atomic mass is 10.0. The Labute approximate surface area is 121 Å². The van der Waals surface area contributed by atoms with Crippen LogP contribution in [0.3, 0.4) is 0 Å². The number of hydrogen-bond acceptors (Lipinski definition) is 2. The van der Waals surface area contributed by atoms with Crippen LogP contribution in [0.15, 0.2) is 30.3 Å². The van der Waals surface area contributed by atoms with Crippen LogP contribution in [0, 0.1) is 5.92 Å². The van der Waals surface area contributed by atoms with Gasteiger partial charge in [-0.3, -0.25) is 4.79 Å². The number of amides is 1. The predicted octanol–water partition coefficient (Wildman–Crippen LogP) is 2.58. The van der Waals surface area contributed by atoms with Gasteiger partial charge in [-0.15, -0.1) is 12.4 Å². The van der Waals surface area contributed by atoms with Gasteiger partial charge in [0.25, 0.3) is 0 Å². The van der Waals surface area contributed by atoms with E-state index < -0.39 is 0 Å². The van der Waals surface area contributed by atoms with Crippen LogP contribution >= 0.6 is 12.4 Å². The normalized spacial score (nSPS) is 17.2. The van der Waals surface area contributed by atoms with Crippen LogP contribution in [-0.4, -0.2) is 22.9 Å². The van der Waals surface area contributed by atoms with E-state index in [4.69, 9.17) is 5.73 Å². The standard InChI is InChI=1S/C15H22N2O.ClH/c1-11(12(2)16)15(18)17(14-8-9-14)10-13-6-4-3-5-7-13;/h3-7,11-12,14H,8-10,16H2,1-2H3;1H. The lowest BCUT2D eigenvalue weighted by Gasteiger charge is -2.27. The summed E-state index contributed by atoms with van der Waals surface area (Å²) in [5, 5.41) is 0. The number of hydrogen-bond donors (Lipinski definition) is 1. The molecule has 1 aromatic rings. The molecule has 2 unspecified atom stereocenters. The highest BCUT2D eigenvalue weighted by Crippen LogP contribution is 2.30. The van der Waals surface area contributed by atoms with Gasteiger partial charge >= 0.3 is 0 Å². The molecule has 1 fully saturated rings. The van der Waals surface area contributed by atoms with E-state index in [1.807, 2.05) is 36.9 Å². The predicted molar refractivity (Wildman–Crippen MR) is 80.1 cm³/mol. The van der Waals surface area contributed by atoms with Gasteiger partial charge in [0.2, 0.25) is 5.91 Å². The quantitative estimate of drug-likeness (QED) is 0.902. The van der Waals surface area contributed by atoms with Gasteiger partial charge in [0, 0.05) is 18.6 Å². The average Bonchev–Trinajstić information content (AvgIpc) is 3.19. The molecule has 0 saturated heterocycles. The summed E-state index contributed by atoms with van der Waals surface area (Å²) in [7, 11) is 0. The van der Waals surface area contributed by atoms with Crippen molar-refractivity contribution in [3.8, 4) is 0 Å². The van der Waals surface area contributed by atoms with Gasteiger partial charge in [0.1, 0.15) is 0 Å². The van der Waals surface area contributed by atoms with Gasteiger partial charge in [-0.25, -0.2) is 0 Å². The van der Waals surface area contributed by atoms with Gasteiger partial charge < -0.3 is 10.6 Å². The molecule has 4 heteroatoms. The van der Waals surface area contributed by atoms with Gasteiger partial charge in [0.15, 0.2) is 0 Å². The molecule has 2 N–H and O–H groups in total. The summed E-state index contributed by atoms with van der Waals surface area (Å²) in [6.45, 7) is 4.53. The zero-order valence-corrected chi connectivity index (χ0v) is 12.4. The lowest BCUT2D eigenvalue weighted by Crippen LogP contribution is -2.42. The van der Waals surface area contributed by atoms with Crippen molar-refractivity contribution < 1.29 is 4.79 Å². The van der Waals surface area contributed by atoms with Crippen LogP contribution in [0.25, 0.3) is 0 Å². The second-order valence-corrected chi connectivity index (χ2v) is 5.33. The van der Waals surface area contributed by atoms with Crippen LogP contribution in [0.2, 0.25) is 0 Å². The first kappa shape index (κ1) is 16.0. The Balaban J connectivity index is 0.00000180. The van der Waals surface area contributed by atoms with Crippen molar-refractivity contribution in [3.05, 3.63) is 35.9 Å². The van der Waals surface area contributed by atoms with Gasteiger partial charge in [-0.05, 0) is 25.3 Å². The minimum absolute atomic E-state index is 0. The van der Waals surface area contributed by atoms with E-state index in [0.717, 1.165) is 12.8 Å². The van der Waals surface area contributed by atoms with Crippen molar-refractivity contribution >= 4 is 18.3 Å². The molecule has 3 nitrogen and oxygen atoms in total. The second-order valence-electron chi connectivity index (χ2n) is 5.33. The maximum atomic E-state index is 12.4. The fourth-order valence-corrected chi connectivity index (χ4v) is 2.04. The molecular formula is C15H23ClN2O. The third-order valence-electron chi connectivity index (χ3n) is 3.64. The smallest absolute Gasteiger partial charge is 0.227 e. The van der Waals surface area contributed by atoms with Crippen LogP contribution in [-0.2, 0) is 11.3 Å². The van der Waals surface area contributed by atoms with Gasteiger partial charge in [0.05, 0.1) is 5.92 Å². The molecule has 106 valence electrons. The number of carbonyl (C=O) groups excluding carboxylic acids is 1. The van der Waals surface area contributed by atoms with E-state index in [1.54, 1.807) is 0 Å². The molecule has 0 heterocycles. The lowest BCUT2D eigenvalue weighted by molar-refractivity contribution is -0.136. The third kappa shape index (κ3) is 4.22. The molecule has 1 saturated carbocycles. The number of nitrogens with zero attached hydrogens (tertiary/aromatic N) is 1. The SMILES string of the molecule is CC(N)C(C)C(=O)N(Cc1ccccc1)C1CC1.Cl. The molecule has 1 amide bonds. The molecule has 1 aliphatic rings. The fourth-order valence-electron chi connectivity index (χ4n) is 2.04. The van der Waals surface area contributed by atoms with Crippen molar-refractivity contribution in [2.75, 3.05) is 0 Å². The van der Waals surface area contributed by atoms with Crippen LogP contribution < -0.4 is 5.73 Å². The molecule has 0 radical (unpaired) electrons. The number of benzene rings is 1. The minimum Gasteiger partial charge on any atom is -0.335 e. The summed E-state index contributed by atoms with van der Waals surface area (Å²) in [4.78, 5) is 14.4. The first-order valence-electron chi connectivity index (χ1n) is 6.69. The summed E-state index contributed by atoms with van der Waals surface area (Å²) in [6, 6.07) is 10.5. The topological polar surface area (TPSA) is 46.3 Å². The summed E-state index contributed by atoms with van der Waals surface area (Å²) in [5.74, 6) is 0.0886. The Morgan fingerprint density at radius 1 is 1.32 bits per heavy atom. The number of carbonyl (C=O) groups is 1. The fraction of sp³-hybridized carbons (Fsp3) is 0.533. The van der Waals surface area contributed by atoms with E-state index in [9.17, 15) is 4.79 Å². The van der Waals surface area contributed by atoms with Crippen molar-refractivity contribution in [3.63, 3.8) is 0 Å². The van der Waals surface area contributed by atoms with Crippen molar-refractivity contribution in [2.24, 2.45) is 11.7 Å². The molecule has 1 aliphatic carbocycles. The highest BCUT2D eigenvalue weighted by Gasteiger charge is 2.35. The molecule has 0 aliphatic heterocycles. The number of rotatable bonds is 5. The van der Waals surface area contributed by atoms with Crippen molar-refractivity contribution in [1.29, 1.82) is 0 Å². The van der Waals surface area contributed by atoms with E-state index in [2.05, 4.69) is 12.1 Å². The molecule has 0 bridgehead atoms. The Bertz CT molecular complexity index is 404. The monoisotopic (exact) mass is 282 g/mol. The van der Waals surface area contributed by atoms with Crippen molar-refractivity contribution in [1.82, 2.24) is 4.90 Å². The second kappa shape index (κ2) is 6.92. The van der Waals surface area contributed by atoms with E-state index >= 15 is 0 Å². The Morgan fingerprint density at radius 2 is 1.89 bits per heavy atom. The number of nitrogens with two attached hydrogens (primary N) is 1. The average molecular weight is 283 g/mol.